The number of hydrogen-bond acceptors (Lipinski definition) is 5. The van der Waals surface area contributed by atoms with Crippen LogP contribution in [0.1, 0.15) is 24.6 Å². The smallest absolute Gasteiger partial charge is 0.310 e. The maximum absolute atomic E-state index is 11.9. The van der Waals surface area contributed by atoms with Crippen molar-refractivity contribution in [1.82, 2.24) is 9.78 Å². The molecule has 2 aromatic carbocycles. The minimum absolute atomic E-state index is 0.187. The van der Waals surface area contributed by atoms with Crippen molar-refractivity contribution in [1.29, 1.82) is 0 Å². The summed E-state index contributed by atoms with van der Waals surface area (Å²) in [5, 5.41) is 5.91. The molecule has 0 spiro atoms. The number of carbonyl (C=O) groups is 1. The minimum Gasteiger partial charge on any atom is -0.487 e. The lowest BCUT2D eigenvalue weighted by Gasteiger charge is -2.10. The van der Waals surface area contributed by atoms with Crippen LogP contribution in [0.4, 0.5) is 0 Å². The maximum Gasteiger partial charge on any atom is 0.310 e. The van der Waals surface area contributed by atoms with Gasteiger partial charge in [0, 0.05) is 34.5 Å². The van der Waals surface area contributed by atoms with Gasteiger partial charge in [-0.05, 0) is 37.6 Å². The van der Waals surface area contributed by atoms with Crippen molar-refractivity contribution in [2.45, 2.75) is 32.9 Å². The molecule has 0 N–H and O–H groups in total. The molecule has 1 atom stereocenters. The first kappa shape index (κ1) is 20.9. The van der Waals surface area contributed by atoms with Gasteiger partial charge in [-0.2, -0.15) is 5.10 Å². The Morgan fingerprint density at radius 2 is 2.17 bits per heavy atom. The number of carbonyl (C=O) groups excluding carboxylic acids is 1. The molecule has 0 aliphatic carbocycles. The van der Waals surface area contributed by atoms with E-state index in [1.54, 1.807) is 6.92 Å². The molecule has 6 nitrogen and oxygen atoms in total. The van der Waals surface area contributed by atoms with Gasteiger partial charge in [0.1, 0.15) is 18.1 Å². The van der Waals surface area contributed by atoms with Gasteiger partial charge in [-0.15, -0.1) is 0 Å². The van der Waals surface area contributed by atoms with Crippen LogP contribution in [0.15, 0.2) is 46.9 Å². The fourth-order valence-electron chi connectivity index (χ4n) is 3.74. The van der Waals surface area contributed by atoms with Gasteiger partial charge < -0.3 is 14.2 Å². The SMILES string of the molecule is CCOC(=O)Cc1ccccc1OCc1nn(CC2CCOC2)c2ccc(Br)cc12. The largest absolute Gasteiger partial charge is 0.487 e. The van der Waals surface area contributed by atoms with Crippen molar-refractivity contribution in [2.75, 3.05) is 19.8 Å². The van der Waals surface area contributed by atoms with E-state index in [4.69, 9.17) is 19.3 Å². The fourth-order valence-corrected chi connectivity index (χ4v) is 4.10. The van der Waals surface area contributed by atoms with Crippen LogP contribution in [-0.4, -0.2) is 35.6 Å². The van der Waals surface area contributed by atoms with E-state index in [1.807, 2.05) is 30.3 Å². The van der Waals surface area contributed by atoms with Gasteiger partial charge in [-0.3, -0.25) is 9.48 Å². The Morgan fingerprint density at radius 3 is 2.97 bits per heavy atom. The van der Waals surface area contributed by atoms with Crippen LogP contribution in [0.2, 0.25) is 0 Å². The van der Waals surface area contributed by atoms with Crippen molar-refractivity contribution in [3.05, 3.63) is 58.2 Å². The van der Waals surface area contributed by atoms with Gasteiger partial charge in [0.05, 0.1) is 25.2 Å². The molecule has 7 heteroatoms. The van der Waals surface area contributed by atoms with Gasteiger partial charge in [0.2, 0.25) is 0 Å². The lowest BCUT2D eigenvalue weighted by molar-refractivity contribution is -0.142. The predicted octanol–water partition coefficient (Wildman–Crippen LogP) is 4.52. The van der Waals surface area contributed by atoms with Crippen molar-refractivity contribution < 1.29 is 19.0 Å². The van der Waals surface area contributed by atoms with Crippen LogP contribution in [0, 0.1) is 5.92 Å². The molecular formula is C23H25BrN2O4. The van der Waals surface area contributed by atoms with Gasteiger partial charge in [-0.25, -0.2) is 0 Å². The molecule has 0 bridgehead atoms. The van der Waals surface area contributed by atoms with E-state index in [9.17, 15) is 4.79 Å². The van der Waals surface area contributed by atoms with E-state index in [2.05, 4.69) is 32.7 Å². The van der Waals surface area contributed by atoms with E-state index in [0.717, 1.165) is 52.8 Å². The molecule has 4 rings (SSSR count). The molecular weight excluding hydrogens is 448 g/mol. The van der Waals surface area contributed by atoms with Crippen molar-refractivity contribution >= 4 is 32.8 Å². The van der Waals surface area contributed by atoms with Crippen LogP contribution in [0.3, 0.4) is 0 Å². The first-order valence-electron chi connectivity index (χ1n) is 10.2. The zero-order valence-corrected chi connectivity index (χ0v) is 18.6. The molecule has 1 fully saturated rings. The number of fused-ring (bicyclic) bond motifs is 1. The summed E-state index contributed by atoms with van der Waals surface area (Å²) in [7, 11) is 0. The topological polar surface area (TPSA) is 62.6 Å². The van der Waals surface area contributed by atoms with E-state index < -0.39 is 0 Å². The third-order valence-corrected chi connectivity index (χ3v) is 5.71. The highest BCUT2D eigenvalue weighted by atomic mass is 79.9. The summed E-state index contributed by atoms with van der Waals surface area (Å²) in [6.07, 6.45) is 1.25. The van der Waals surface area contributed by atoms with E-state index in [1.165, 1.54) is 0 Å². The van der Waals surface area contributed by atoms with Crippen molar-refractivity contribution in [3.63, 3.8) is 0 Å². The van der Waals surface area contributed by atoms with Gasteiger partial charge >= 0.3 is 5.97 Å². The average molecular weight is 473 g/mol. The molecule has 1 saturated heterocycles. The monoisotopic (exact) mass is 472 g/mol. The Morgan fingerprint density at radius 1 is 1.30 bits per heavy atom. The van der Waals surface area contributed by atoms with Crippen LogP contribution in [0.5, 0.6) is 5.75 Å². The Kier molecular flexibility index (Phi) is 6.69. The van der Waals surface area contributed by atoms with Crippen molar-refractivity contribution in [3.8, 4) is 5.75 Å². The zero-order chi connectivity index (χ0) is 20.9. The van der Waals surface area contributed by atoms with Gasteiger partial charge in [0.25, 0.3) is 0 Å². The maximum atomic E-state index is 11.9. The Bertz CT molecular complexity index is 1030. The van der Waals surface area contributed by atoms with E-state index in [0.29, 0.717) is 24.9 Å². The van der Waals surface area contributed by atoms with Crippen LogP contribution < -0.4 is 4.74 Å². The highest BCUT2D eigenvalue weighted by molar-refractivity contribution is 9.10. The number of esters is 1. The molecule has 1 aromatic heterocycles. The molecule has 158 valence electrons. The third kappa shape index (κ3) is 4.84. The first-order chi connectivity index (χ1) is 14.6. The summed E-state index contributed by atoms with van der Waals surface area (Å²) in [5.74, 6) is 0.897. The second-order valence-electron chi connectivity index (χ2n) is 7.40. The third-order valence-electron chi connectivity index (χ3n) is 5.22. The molecule has 30 heavy (non-hydrogen) atoms. The summed E-state index contributed by atoms with van der Waals surface area (Å²) in [5.41, 5.74) is 2.77. The molecule has 0 saturated carbocycles. The highest BCUT2D eigenvalue weighted by Crippen LogP contribution is 2.27. The molecule has 1 aliphatic heterocycles. The number of nitrogens with zero attached hydrogens (tertiary/aromatic N) is 2. The molecule has 0 amide bonds. The number of rotatable bonds is 8. The predicted molar refractivity (Wildman–Crippen MR) is 117 cm³/mol. The molecule has 0 radical (unpaired) electrons. The number of halogens is 1. The normalized spacial score (nSPS) is 16.1. The Balaban J connectivity index is 1.55. The lowest BCUT2D eigenvalue weighted by Crippen LogP contribution is -2.12. The number of para-hydroxylation sites is 1. The standard InChI is InChI=1S/C23H25BrN2O4/c1-2-29-23(27)11-17-5-3-4-6-22(17)30-15-20-19-12-18(24)7-8-21(19)26(25-20)13-16-9-10-28-14-16/h3-8,12,16H,2,9-11,13-15H2,1H3. The second kappa shape index (κ2) is 9.62. The zero-order valence-electron chi connectivity index (χ0n) is 17.0. The number of ether oxygens (including phenoxy) is 3. The van der Waals surface area contributed by atoms with Gasteiger partial charge in [0.15, 0.2) is 0 Å². The summed E-state index contributed by atoms with van der Waals surface area (Å²) in [6, 6.07) is 13.8. The van der Waals surface area contributed by atoms with E-state index >= 15 is 0 Å². The number of hydrogen-bond donors (Lipinski definition) is 0. The fraction of sp³-hybridized carbons (Fsp3) is 0.391. The molecule has 2 heterocycles. The lowest BCUT2D eigenvalue weighted by atomic mass is 10.1. The van der Waals surface area contributed by atoms with E-state index in [-0.39, 0.29) is 12.4 Å². The second-order valence-corrected chi connectivity index (χ2v) is 8.31. The van der Waals surface area contributed by atoms with Crippen molar-refractivity contribution in [2.24, 2.45) is 5.92 Å². The summed E-state index contributed by atoms with van der Waals surface area (Å²) < 4.78 is 19.8. The highest BCUT2D eigenvalue weighted by Gasteiger charge is 2.20. The molecule has 1 unspecified atom stereocenters. The summed E-state index contributed by atoms with van der Waals surface area (Å²) in [4.78, 5) is 11.9. The molecule has 3 aromatic rings. The van der Waals surface area contributed by atoms with Crippen LogP contribution in [0.25, 0.3) is 10.9 Å². The van der Waals surface area contributed by atoms with Crippen LogP contribution in [-0.2, 0) is 33.8 Å². The summed E-state index contributed by atoms with van der Waals surface area (Å²) in [6.45, 7) is 4.93. The molecule has 1 aliphatic rings. The van der Waals surface area contributed by atoms with Gasteiger partial charge in [-0.1, -0.05) is 34.1 Å². The quantitative estimate of drug-likeness (QED) is 0.451. The average Bonchev–Trinajstić information content (AvgIpc) is 3.36. The summed E-state index contributed by atoms with van der Waals surface area (Å²) >= 11 is 3.56. The number of aromatic nitrogens is 2. The Hall–Kier alpha value is -2.38. The Labute approximate surface area is 184 Å². The minimum atomic E-state index is -0.258. The first-order valence-corrected chi connectivity index (χ1v) is 11.0. The number of benzene rings is 2. The van der Waals surface area contributed by atoms with Crippen LogP contribution >= 0.6 is 15.9 Å².